The van der Waals surface area contributed by atoms with Crippen molar-refractivity contribution in [2.24, 2.45) is 5.41 Å². The first-order valence-electron chi connectivity index (χ1n) is 6.63. The van der Waals surface area contributed by atoms with Crippen molar-refractivity contribution in [2.45, 2.75) is 52.6 Å². The Hall–Kier alpha value is -0.810. The summed E-state index contributed by atoms with van der Waals surface area (Å²) in [6, 6.07) is -0.307. The predicted molar refractivity (Wildman–Crippen MR) is 78.3 cm³/mol. The average molecular weight is 292 g/mol. The van der Waals surface area contributed by atoms with Crippen LogP contribution in [-0.2, 0) is 9.59 Å². The molecule has 0 bridgehead atoms. The van der Waals surface area contributed by atoms with Crippen LogP contribution in [-0.4, -0.2) is 37.0 Å². The highest BCUT2D eigenvalue weighted by atomic mass is 35.5. The summed E-state index contributed by atoms with van der Waals surface area (Å²) in [5.74, 6) is -0.215. The van der Waals surface area contributed by atoms with Gasteiger partial charge in [-0.05, 0) is 26.3 Å². The van der Waals surface area contributed by atoms with Crippen LogP contribution in [0, 0.1) is 5.41 Å². The summed E-state index contributed by atoms with van der Waals surface area (Å²) in [5.41, 5.74) is -0.471. The fourth-order valence-electron chi connectivity index (χ4n) is 1.78. The number of hydrogen-bond donors (Lipinski definition) is 3. The Balaban J connectivity index is 0.00000324. The van der Waals surface area contributed by atoms with Gasteiger partial charge in [-0.3, -0.25) is 9.59 Å². The van der Waals surface area contributed by atoms with E-state index in [1.807, 2.05) is 20.8 Å². The molecule has 0 saturated carbocycles. The number of halogens is 1. The summed E-state index contributed by atoms with van der Waals surface area (Å²) in [7, 11) is 0. The zero-order chi connectivity index (χ0) is 13.8. The zero-order valence-corrected chi connectivity index (χ0v) is 13.0. The van der Waals surface area contributed by atoms with E-state index in [0.29, 0.717) is 0 Å². The van der Waals surface area contributed by atoms with E-state index < -0.39 is 11.5 Å². The lowest BCUT2D eigenvalue weighted by Gasteiger charge is -2.26. The van der Waals surface area contributed by atoms with E-state index in [-0.39, 0.29) is 30.3 Å². The molecule has 112 valence electrons. The quantitative estimate of drug-likeness (QED) is 0.721. The first kappa shape index (κ1) is 18.2. The minimum atomic E-state index is -0.487. The van der Waals surface area contributed by atoms with Crippen LogP contribution in [0.1, 0.15) is 40.5 Å². The second-order valence-electron chi connectivity index (χ2n) is 6.00. The van der Waals surface area contributed by atoms with Crippen LogP contribution in [0.25, 0.3) is 0 Å². The van der Waals surface area contributed by atoms with Crippen molar-refractivity contribution in [2.75, 3.05) is 13.1 Å². The van der Waals surface area contributed by atoms with E-state index in [4.69, 9.17) is 0 Å². The third kappa shape index (κ3) is 6.25. The lowest BCUT2D eigenvalue weighted by atomic mass is 9.95. The molecule has 19 heavy (non-hydrogen) atoms. The van der Waals surface area contributed by atoms with Gasteiger partial charge in [-0.2, -0.15) is 0 Å². The molecule has 1 fully saturated rings. The molecule has 0 aromatic heterocycles. The molecule has 5 nitrogen and oxygen atoms in total. The van der Waals surface area contributed by atoms with Crippen LogP contribution >= 0.6 is 12.4 Å². The molecule has 1 rings (SSSR count). The summed E-state index contributed by atoms with van der Waals surface area (Å²) < 4.78 is 0. The highest BCUT2D eigenvalue weighted by Gasteiger charge is 2.26. The van der Waals surface area contributed by atoms with E-state index in [1.54, 1.807) is 6.92 Å². The maximum Gasteiger partial charge on any atom is 0.242 e. The predicted octanol–water partition coefficient (Wildman–Crippen LogP) is 0.827. The number of amides is 2. The Kier molecular flexibility index (Phi) is 7.37. The molecule has 1 heterocycles. The molecule has 6 heteroatoms. The Morgan fingerprint density at radius 2 is 1.95 bits per heavy atom. The molecular formula is C13H26ClN3O2. The van der Waals surface area contributed by atoms with Crippen LogP contribution in [0.2, 0.25) is 0 Å². The minimum Gasteiger partial charge on any atom is -0.350 e. The van der Waals surface area contributed by atoms with Crippen molar-refractivity contribution in [3.05, 3.63) is 0 Å². The largest absolute Gasteiger partial charge is 0.350 e. The van der Waals surface area contributed by atoms with Gasteiger partial charge in [0.15, 0.2) is 0 Å². The highest BCUT2D eigenvalue weighted by Crippen LogP contribution is 2.12. The highest BCUT2D eigenvalue weighted by molar-refractivity contribution is 5.89. The molecule has 1 aliphatic rings. The van der Waals surface area contributed by atoms with Crippen molar-refractivity contribution >= 4 is 24.2 Å². The molecule has 2 amide bonds. The Labute approximate surface area is 121 Å². The molecule has 1 aliphatic heterocycles. The van der Waals surface area contributed by atoms with E-state index in [0.717, 1.165) is 25.9 Å². The lowest BCUT2D eigenvalue weighted by Crippen LogP contribution is -2.53. The van der Waals surface area contributed by atoms with Gasteiger partial charge in [0.05, 0.1) is 0 Å². The minimum absolute atomic E-state index is 0. The number of carbonyl (C=O) groups excluding carboxylic acids is 2. The number of hydrogen-bond acceptors (Lipinski definition) is 3. The summed E-state index contributed by atoms with van der Waals surface area (Å²) in [4.78, 5) is 23.7. The van der Waals surface area contributed by atoms with Crippen molar-refractivity contribution in [1.29, 1.82) is 0 Å². The van der Waals surface area contributed by atoms with Crippen LogP contribution in [0.4, 0.5) is 0 Å². The second kappa shape index (κ2) is 7.70. The number of carbonyl (C=O) groups is 2. The van der Waals surface area contributed by atoms with Gasteiger partial charge in [0.1, 0.15) is 6.04 Å². The molecule has 1 unspecified atom stereocenters. The number of rotatable bonds is 3. The van der Waals surface area contributed by atoms with E-state index in [1.165, 1.54) is 0 Å². The summed E-state index contributed by atoms with van der Waals surface area (Å²) >= 11 is 0. The topological polar surface area (TPSA) is 70.2 Å². The molecular weight excluding hydrogens is 266 g/mol. The first-order chi connectivity index (χ1) is 8.30. The normalized spacial score (nSPS) is 20.9. The van der Waals surface area contributed by atoms with Crippen LogP contribution in [0.3, 0.4) is 0 Å². The Bertz CT molecular complexity index is 310. The first-order valence-corrected chi connectivity index (χ1v) is 6.63. The molecule has 0 spiro atoms. The van der Waals surface area contributed by atoms with Gasteiger partial charge in [0.2, 0.25) is 11.8 Å². The third-order valence-electron chi connectivity index (χ3n) is 3.07. The zero-order valence-electron chi connectivity index (χ0n) is 12.2. The molecule has 2 atom stereocenters. The average Bonchev–Trinajstić information content (AvgIpc) is 2.28. The monoisotopic (exact) mass is 291 g/mol. The van der Waals surface area contributed by atoms with Crippen molar-refractivity contribution in [1.82, 2.24) is 16.0 Å². The maximum absolute atomic E-state index is 11.9. The summed E-state index contributed by atoms with van der Waals surface area (Å²) in [6.45, 7) is 9.04. The smallest absolute Gasteiger partial charge is 0.242 e. The van der Waals surface area contributed by atoms with E-state index in [9.17, 15) is 9.59 Å². The van der Waals surface area contributed by atoms with Gasteiger partial charge in [-0.25, -0.2) is 0 Å². The lowest BCUT2D eigenvalue weighted by molar-refractivity contribution is -0.133. The third-order valence-corrected chi connectivity index (χ3v) is 3.07. The Morgan fingerprint density at radius 3 is 2.42 bits per heavy atom. The Morgan fingerprint density at radius 1 is 1.32 bits per heavy atom. The second-order valence-corrected chi connectivity index (χ2v) is 6.00. The maximum atomic E-state index is 11.9. The fraction of sp³-hybridized carbons (Fsp3) is 0.846. The molecule has 0 radical (unpaired) electrons. The molecule has 0 aliphatic carbocycles. The van der Waals surface area contributed by atoms with Crippen molar-refractivity contribution in [3.63, 3.8) is 0 Å². The number of nitrogens with one attached hydrogen (secondary N) is 3. The van der Waals surface area contributed by atoms with E-state index >= 15 is 0 Å². The standard InChI is InChI=1S/C13H25N3O2.ClH/c1-9(15-12(18)13(2,3)4)11(17)16-10-6-5-7-14-8-10;/h9-10,14H,5-8H2,1-4H3,(H,15,18)(H,16,17);1H/t9?,10-;/m0./s1. The van der Waals surface area contributed by atoms with Gasteiger partial charge < -0.3 is 16.0 Å². The van der Waals surface area contributed by atoms with Gasteiger partial charge in [0, 0.05) is 18.0 Å². The van der Waals surface area contributed by atoms with Crippen molar-refractivity contribution in [3.8, 4) is 0 Å². The van der Waals surface area contributed by atoms with Gasteiger partial charge in [-0.15, -0.1) is 12.4 Å². The van der Waals surface area contributed by atoms with E-state index in [2.05, 4.69) is 16.0 Å². The summed E-state index contributed by atoms with van der Waals surface area (Å²) in [5, 5.41) is 8.94. The van der Waals surface area contributed by atoms with Crippen molar-refractivity contribution < 1.29 is 9.59 Å². The van der Waals surface area contributed by atoms with Gasteiger partial charge in [0.25, 0.3) is 0 Å². The molecule has 1 saturated heterocycles. The van der Waals surface area contributed by atoms with Crippen LogP contribution in [0.15, 0.2) is 0 Å². The molecule has 3 N–H and O–H groups in total. The van der Waals surface area contributed by atoms with Crippen LogP contribution < -0.4 is 16.0 Å². The molecule has 0 aromatic rings. The van der Waals surface area contributed by atoms with Gasteiger partial charge in [-0.1, -0.05) is 20.8 Å². The number of piperidine rings is 1. The van der Waals surface area contributed by atoms with Crippen LogP contribution in [0.5, 0.6) is 0 Å². The molecule has 0 aromatic carbocycles. The summed E-state index contributed by atoms with van der Waals surface area (Å²) in [6.07, 6.45) is 2.08. The fourth-order valence-corrected chi connectivity index (χ4v) is 1.78. The van der Waals surface area contributed by atoms with Gasteiger partial charge >= 0.3 is 0 Å². The SMILES string of the molecule is CC(NC(=O)C(C)(C)C)C(=O)N[C@H]1CCCNC1.Cl.